The molecule has 2 N–H and O–H groups in total. The number of rotatable bonds is 7. The quantitative estimate of drug-likeness (QED) is 0.795. The van der Waals surface area contributed by atoms with Crippen LogP contribution < -0.4 is 5.32 Å². The van der Waals surface area contributed by atoms with Crippen LogP contribution in [-0.2, 0) is 6.54 Å². The number of carbonyl (C=O) groups excluding carboxylic acids is 1. The van der Waals surface area contributed by atoms with Gasteiger partial charge in [0.25, 0.3) is 5.91 Å². The maximum absolute atomic E-state index is 11.5. The summed E-state index contributed by atoms with van der Waals surface area (Å²) in [5, 5.41) is 13.0. The highest BCUT2D eigenvalue weighted by Crippen LogP contribution is 2.16. The van der Waals surface area contributed by atoms with Crippen LogP contribution in [0.4, 0.5) is 0 Å². The van der Waals surface area contributed by atoms with Crippen molar-refractivity contribution >= 4 is 5.91 Å². The summed E-state index contributed by atoms with van der Waals surface area (Å²) in [6.07, 6.45) is 2.15. The number of likely N-dealkylation sites (N-methyl/N-ethyl adjacent to an activating group) is 1. The third kappa shape index (κ3) is 5.89. The molecule has 134 valence electrons. The molecule has 1 unspecified atom stereocenters. The Balaban J connectivity index is 1.75. The second-order valence-corrected chi connectivity index (χ2v) is 7.11. The van der Waals surface area contributed by atoms with Crippen molar-refractivity contribution < 1.29 is 9.90 Å². The van der Waals surface area contributed by atoms with E-state index in [0.717, 1.165) is 37.7 Å². The molecule has 0 bridgehead atoms. The zero-order valence-electron chi connectivity index (χ0n) is 15.2. The van der Waals surface area contributed by atoms with Gasteiger partial charge in [-0.15, -0.1) is 0 Å². The van der Waals surface area contributed by atoms with Crippen molar-refractivity contribution in [2.75, 3.05) is 40.3 Å². The van der Waals surface area contributed by atoms with Gasteiger partial charge in [0, 0.05) is 32.2 Å². The highest BCUT2D eigenvalue weighted by Gasteiger charge is 2.19. The molecular formula is C19H31N3O2. The summed E-state index contributed by atoms with van der Waals surface area (Å²) in [6.45, 7) is 6.68. The van der Waals surface area contributed by atoms with Gasteiger partial charge in [0.15, 0.2) is 0 Å². The van der Waals surface area contributed by atoms with Crippen LogP contribution >= 0.6 is 0 Å². The minimum atomic E-state index is -0.325. The number of amides is 1. The molecule has 24 heavy (non-hydrogen) atoms. The van der Waals surface area contributed by atoms with Crippen molar-refractivity contribution in [2.24, 2.45) is 5.92 Å². The normalized spacial score (nSPS) is 17.9. The monoisotopic (exact) mass is 333 g/mol. The van der Waals surface area contributed by atoms with Crippen LogP contribution in [0.3, 0.4) is 0 Å². The van der Waals surface area contributed by atoms with Crippen LogP contribution in [0.25, 0.3) is 0 Å². The fourth-order valence-electron chi connectivity index (χ4n) is 3.24. The van der Waals surface area contributed by atoms with Gasteiger partial charge in [-0.05, 0) is 56.6 Å². The first-order valence-electron chi connectivity index (χ1n) is 8.88. The first kappa shape index (κ1) is 18.9. The molecule has 0 aliphatic carbocycles. The number of aliphatic hydroxyl groups excluding tert-OH is 1. The molecule has 5 nitrogen and oxygen atoms in total. The molecule has 0 radical (unpaired) electrons. The maximum atomic E-state index is 11.5. The van der Waals surface area contributed by atoms with E-state index in [-0.39, 0.29) is 12.0 Å². The van der Waals surface area contributed by atoms with Crippen molar-refractivity contribution in [3.8, 4) is 0 Å². The molecule has 0 saturated carbocycles. The average Bonchev–Trinajstić information content (AvgIpc) is 2.56. The summed E-state index contributed by atoms with van der Waals surface area (Å²) in [4.78, 5) is 16.0. The molecule has 1 aromatic rings. The molecule has 2 rings (SSSR count). The smallest absolute Gasteiger partial charge is 0.251 e. The third-order valence-electron chi connectivity index (χ3n) is 4.76. The summed E-state index contributed by atoms with van der Waals surface area (Å²) in [6, 6.07) is 7.62. The van der Waals surface area contributed by atoms with Gasteiger partial charge < -0.3 is 15.3 Å². The zero-order chi connectivity index (χ0) is 17.5. The summed E-state index contributed by atoms with van der Waals surface area (Å²) >= 11 is 0. The Morgan fingerprint density at radius 2 is 1.96 bits per heavy atom. The lowest BCUT2D eigenvalue weighted by molar-refractivity contribution is 0.0662. The lowest BCUT2D eigenvalue weighted by atomic mass is 9.99. The average molecular weight is 333 g/mol. The molecule has 1 saturated heterocycles. The summed E-state index contributed by atoms with van der Waals surface area (Å²) < 4.78 is 0. The number of likely N-dealkylation sites (tertiary alicyclic amines) is 1. The highest BCUT2D eigenvalue weighted by molar-refractivity contribution is 5.93. The van der Waals surface area contributed by atoms with Crippen LogP contribution in [0, 0.1) is 5.92 Å². The van der Waals surface area contributed by atoms with Gasteiger partial charge in [0.1, 0.15) is 0 Å². The van der Waals surface area contributed by atoms with Crippen LogP contribution in [0.2, 0.25) is 0 Å². The topological polar surface area (TPSA) is 55.8 Å². The Morgan fingerprint density at radius 3 is 2.54 bits per heavy atom. The van der Waals surface area contributed by atoms with E-state index in [9.17, 15) is 9.90 Å². The van der Waals surface area contributed by atoms with Crippen molar-refractivity contribution in [1.29, 1.82) is 0 Å². The maximum Gasteiger partial charge on any atom is 0.251 e. The molecule has 1 aromatic carbocycles. The van der Waals surface area contributed by atoms with E-state index >= 15 is 0 Å². The third-order valence-corrected chi connectivity index (χ3v) is 4.76. The SMILES string of the molecule is CNC(=O)c1ccc(CN(C)CC(O)CN2CCC(C)CC2)cc1. The fourth-order valence-corrected chi connectivity index (χ4v) is 3.24. The van der Waals surface area contributed by atoms with Gasteiger partial charge >= 0.3 is 0 Å². The van der Waals surface area contributed by atoms with Crippen LogP contribution in [0.5, 0.6) is 0 Å². The second-order valence-electron chi connectivity index (χ2n) is 7.11. The summed E-state index contributed by atoms with van der Waals surface area (Å²) in [5.41, 5.74) is 1.81. The summed E-state index contributed by atoms with van der Waals surface area (Å²) in [5.74, 6) is 0.750. The minimum Gasteiger partial charge on any atom is -0.390 e. The molecule has 1 heterocycles. The highest BCUT2D eigenvalue weighted by atomic mass is 16.3. The number of benzene rings is 1. The Morgan fingerprint density at radius 1 is 1.33 bits per heavy atom. The Hall–Kier alpha value is -1.43. The fraction of sp³-hybridized carbons (Fsp3) is 0.632. The van der Waals surface area contributed by atoms with Crippen LogP contribution in [0.15, 0.2) is 24.3 Å². The van der Waals surface area contributed by atoms with E-state index < -0.39 is 0 Å². The van der Waals surface area contributed by atoms with E-state index in [4.69, 9.17) is 0 Å². The molecule has 1 fully saturated rings. The number of β-amino-alcohol motifs (C(OH)–C–C–N with tert-alkyl or cyclic N) is 1. The van der Waals surface area contributed by atoms with Crippen LogP contribution in [0.1, 0.15) is 35.7 Å². The van der Waals surface area contributed by atoms with Crippen LogP contribution in [-0.4, -0.2) is 67.2 Å². The van der Waals surface area contributed by atoms with E-state index in [1.165, 1.54) is 12.8 Å². The van der Waals surface area contributed by atoms with E-state index in [0.29, 0.717) is 12.1 Å². The van der Waals surface area contributed by atoms with E-state index in [1.54, 1.807) is 7.05 Å². The zero-order valence-corrected chi connectivity index (χ0v) is 15.2. The van der Waals surface area contributed by atoms with Gasteiger partial charge in [-0.25, -0.2) is 0 Å². The number of nitrogens with zero attached hydrogens (tertiary/aromatic N) is 2. The minimum absolute atomic E-state index is 0.0684. The van der Waals surface area contributed by atoms with Crippen molar-refractivity contribution in [2.45, 2.75) is 32.4 Å². The van der Waals surface area contributed by atoms with Gasteiger partial charge in [0.05, 0.1) is 6.10 Å². The molecule has 0 spiro atoms. The van der Waals surface area contributed by atoms with Gasteiger partial charge in [-0.2, -0.15) is 0 Å². The molecule has 1 amide bonds. The largest absolute Gasteiger partial charge is 0.390 e. The molecule has 1 aliphatic rings. The number of nitrogens with one attached hydrogen (secondary N) is 1. The first-order chi connectivity index (χ1) is 11.5. The van der Waals surface area contributed by atoms with Crippen molar-refractivity contribution in [3.05, 3.63) is 35.4 Å². The number of carbonyl (C=O) groups is 1. The van der Waals surface area contributed by atoms with Gasteiger partial charge in [0.2, 0.25) is 0 Å². The predicted molar refractivity (Wildman–Crippen MR) is 97.0 cm³/mol. The first-order valence-corrected chi connectivity index (χ1v) is 8.88. The van der Waals surface area contributed by atoms with Crippen molar-refractivity contribution in [1.82, 2.24) is 15.1 Å². The lowest BCUT2D eigenvalue weighted by Crippen LogP contribution is -2.42. The van der Waals surface area contributed by atoms with Gasteiger partial charge in [-0.3, -0.25) is 9.69 Å². The Bertz CT molecular complexity index is 510. The molecular weight excluding hydrogens is 302 g/mol. The molecule has 1 atom stereocenters. The number of aliphatic hydroxyl groups is 1. The van der Waals surface area contributed by atoms with E-state index in [1.807, 2.05) is 31.3 Å². The number of hydrogen-bond acceptors (Lipinski definition) is 4. The van der Waals surface area contributed by atoms with Crippen molar-refractivity contribution in [3.63, 3.8) is 0 Å². The number of hydrogen-bond donors (Lipinski definition) is 2. The standard InChI is InChI=1S/C19H31N3O2/c1-15-8-10-22(11-9-15)14-18(23)13-21(3)12-16-4-6-17(7-5-16)19(24)20-2/h4-7,15,18,23H,8-14H2,1-3H3,(H,20,24). The second kappa shape index (κ2) is 9.16. The molecule has 0 aromatic heterocycles. The predicted octanol–water partition coefficient (Wildman–Crippen LogP) is 1.57. The Labute approximate surface area is 145 Å². The Kier molecular flexibility index (Phi) is 7.21. The molecule has 5 heteroatoms. The van der Waals surface area contributed by atoms with Gasteiger partial charge in [-0.1, -0.05) is 19.1 Å². The lowest BCUT2D eigenvalue weighted by Gasteiger charge is -2.32. The molecule has 1 aliphatic heterocycles. The summed E-state index contributed by atoms with van der Waals surface area (Å²) in [7, 11) is 3.66. The van der Waals surface area contributed by atoms with E-state index in [2.05, 4.69) is 22.0 Å². The number of piperidine rings is 1.